The van der Waals surface area contributed by atoms with Crippen LogP contribution in [0.15, 0.2) is 0 Å². The Labute approximate surface area is 114 Å². The van der Waals surface area contributed by atoms with Crippen LogP contribution in [0.2, 0.25) is 0 Å². The van der Waals surface area contributed by atoms with Crippen molar-refractivity contribution in [2.45, 2.75) is 56.9 Å². The molecule has 4 nitrogen and oxygen atoms in total. The first kappa shape index (κ1) is 14.9. The van der Waals surface area contributed by atoms with Crippen molar-refractivity contribution in [2.75, 3.05) is 13.2 Å². The molecule has 2 heterocycles. The molecule has 1 N–H and O–H groups in total. The van der Waals surface area contributed by atoms with Gasteiger partial charge in [-0.15, -0.1) is 11.8 Å². The molecule has 0 amide bonds. The van der Waals surface area contributed by atoms with Crippen LogP contribution in [0.4, 0.5) is 0 Å². The first-order valence-electron chi connectivity index (χ1n) is 6.33. The molecule has 0 aliphatic carbocycles. The third kappa shape index (κ3) is 2.80. The summed E-state index contributed by atoms with van der Waals surface area (Å²) in [5.74, 6) is -0.249. The standard InChI is InChI=1S/C12H24NO3PS/c1-10(2)7-15-17(14,16-8-10)9-11(3,4)18-12(5,6)13-9/h9,13H,7-8H2,1-6H3. The molecule has 0 spiro atoms. The second-order valence-electron chi connectivity index (χ2n) is 7.01. The van der Waals surface area contributed by atoms with Crippen molar-refractivity contribution in [1.29, 1.82) is 0 Å². The Hall–Kier alpha value is 0.460. The Kier molecular flexibility index (Phi) is 3.49. The van der Waals surface area contributed by atoms with Crippen molar-refractivity contribution < 1.29 is 13.6 Å². The Morgan fingerprint density at radius 1 is 1.11 bits per heavy atom. The van der Waals surface area contributed by atoms with Gasteiger partial charge in [0.1, 0.15) is 5.78 Å². The van der Waals surface area contributed by atoms with E-state index in [0.717, 1.165) is 0 Å². The van der Waals surface area contributed by atoms with Crippen molar-refractivity contribution in [1.82, 2.24) is 5.32 Å². The maximum atomic E-state index is 12.9. The van der Waals surface area contributed by atoms with E-state index in [0.29, 0.717) is 13.2 Å². The van der Waals surface area contributed by atoms with Crippen LogP contribution in [-0.2, 0) is 13.6 Å². The topological polar surface area (TPSA) is 47.6 Å². The maximum Gasteiger partial charge on any atom is 0.348 e. The third-order valence-corrected chi connectivity index (χ3v) is 7.20. The lowest BCUT2D eigenvalue weighted by Gasteiger charge is -2.39. The summed E-state index contributed by atoms with van der Waals surface area (Å²) in [6, 6.07) is 0. The van der Waals surface area contributed by atoms with Gasteiger partial charge in [0.2, 0.25) is 0 Å². The minimum atomic E-state index is -3.07. The third-order valence-electron chi connectivity index (χ3n) is 3.25. The molecule has 2 fully saturated rings. The van der Waals surface area contributed by atoms with Crippen molar-refractivity contribution >= 4 is 19.4 Å². The molecule has 106 valence electrons. The molecule has 2 rings (SSSR count). The van der Waals surface area contributed by atoms with E-state index >= 15 is 0 Å². The summed E-state index contributed by atoms with van der Waals surface area (Å²) in [7, 11) is -3.07. The van der Waals surface area contributed by atoms with Crippen molar-refractivity contribution in [3.05, 3.63) is 0 Å². The highest BCUT2D eigenvalue weighted by atomic mass is 32.2. The molecule has 0 aromatic rings. The van der Waals surface area contributed by atoms with Gasteiger partial charge < -0.3 is 9.05 Å². The maximum absolute atomic E-state index is 12.9. The van der Waals surface area contributed by atoms with Crippen LogP contribution in [0.1, 0.15) is 41.5 Å². The van der Waals surface area contributed by atoms with E-state index < -0.39 is 7.60 Å². The number of nitrogens with one attached hydrogen (secondary N) is 1. The highest BCUT2D eigenvalue weighted by Gasteiger charge is 2.56. The van der Waals surface area contributed by atoms with Crippen LogP contribution in [0.5, 0.6) is 0 Å². The van der Waals surface area contributed by atoms with Crippen molar-refractivity contribution in [3.8, 4) is 0 Å². The van der Waals surface area contributed by atoms with Crippen LogP contribution in [0.3, 0.4) is 0 Å². The summed E-state index contributed by atoms with van der Waals surface area (Å²) in [5, 5.41) is 3.41. The molecule has 1 atom stereocenters. The van der Waals surface area contributed by atoms with Gasteiger partial charge in [0.15, 0.2) is 0 Å². The molecular formula is C12H24NO3PS. The van der Waals surface area contributed by atoms with Gasteiger partial charge in [-0.1, -0.05) is 13.8 Å². The lowest BCUT2D eigenvalue weighted by Crippen LogP contribution is -2.44. The van der Waals surface area contributed by atoms with Gasteiger partial charge in [-0.2, -0.15) is 0 Å². The van der Waals surface area contributed by atoms with Gasteiger partial charge >= 0.3 is 7.60 Å². The molecule has 2 saturated heterocycles. The minimum absolute atomic E-state index is 0.0562. The Morgan fingerprint density at radius 3 is 2.00 bits per heavy atom. The van der Waals surface area contributed by atoms with Crippen LogP contribution >= 0.6 is 19.4 Å². The number of rotatable bonds is 1. The molecule has 1 unspecified atom stereocenters. The molecule has 0 radical (unpaired) electrons. The largest absolute Gasteiger partial charge is 0.348 e. The van der Waals surface area contributed by atoms with Gasteiger partial charge in [-0.05, 0) is 27.7 Å². The fourth-order valence-electron chi connectivity index (χ4n) is 2.46. The zero-order valence-corrected chi connectivity index (χ0v) is 13.8. The molecule has 2 aliphatic heterocycles. The van der Waals surface area contributed by atoms with E-state index in [2.05, 4.69) is 46.9 Å². The predicted molar refractivity (Wildman–Crippen MR) is 76.0 cm³/mol. The molecule has 2 aliphatic rings. The summed E-state index contributed by atoms with van der Waals surface area (Å²) in [6.45, 7) is 13.5. The lowest BCUT2D eigenvalue weighted by molar-refractivity contribution is 0.0354. The van der Waals surface area contributed by atoms with Gasteiger partial charge in [0, 0.05) is 10.2 Å². The normalized spacial score (nSPS) is 36.4. The van der Waals surface area contributed by atoms with Crippen LogP contribution in [0, 0.1) is 5.41 Å². The SMILES string of the molecule is CC1(C)COP(=O)(C2NC(C)(C)SC2(C)C)OC1. The molecule has 0 aromatic carbocycles. The second kappa shape index (κ2) is 4.23. The zero-order valence-electron chi connectivity index (χ0n) is 12.1. The fraction of sp³-hybridized carbons (Fsp3) is 1.00. The number of hydrogen-bond donors (Lipinski definition) is 1. The quantitative estimate of drug-likeness (QED) is 0.751. The molecule has 0 saturated carbocycles. The summed E-state index contributed by atoms with van der Waals surface area (Å²) in [4.78, 5) is -0.106. The summed E-state index contributed by atoms with van der Waals surface area (Å²) in [5.41, 5.74) is -0.0562. The Balaban J connectivity index is 2.20. The van der Waals surface area contributed by atoms with Crippen LogP contribution in [0.25, 0.3) is 0 Å². The molecular weight excluding hydrogens is 269 g/mol. The lowest BCUT2D eigenvalue weighted by atomic mass is 9.97. The molecule has 0 bridgehead atoms. The Morgan fingerprint density at radius 2 is 1.61 bits per heavy atom. The number of thioether (sulfide) groups is 1. The fourth-order valence-corrected chi connectivity index (χ4v) is 7.43. The van der Waals surface area contributed by atoms with Crippen LogP contribution in [-0.4, -0.2) is 28.6 Å². The zero-order chi connectivity index (χ0) is 13.8. The van der Waals surface area contributed by atoms with Crippen LogP contribution < -0.4 is 5.32 Å². The molecule has 18 heavy (non-hydrogen) atoms. The first-order valence-corrected chi connectivity index (χ1v) is 8.75. The van der Waals surface area contributed by atoms with Crippen molar-refractivity contribution in [3.63, 3.8) is 0 Å². The van der Waals surface area contributed by atoms with Gasteiger partial charge in [-0.3, -0.25) is 9.88 Å². The van der Waals surface area contributed by atoms with E-state index in [1.165, 1.54) is 0 Å². The van der Waals surface area contributed by atoms with Crippen molar-refractivity contribution in [2.24, 2.45) is 5.41 Å². The van der Waals surface area contributed by atoms with Gasteiger partial charge in [0.05, 0.1) is 18.1 Å². The van der Waals surface area contributed by atoms with E-state index in [9.17, 15) is 4.57 Å². The average Bonchev–Trinajstić information content (AvgIpc) is 2.41. The van der Waals surface area contributed by atoms with E-state index in [4.69, 9.17) is 9.05 Å². The monoisotopic (exact) mass is 293 g/mol. The summed E-state index contributed by atoms with van der Waals surface area (Å²) in [6.07, 6.45) is 0. The first-order chi connectivity index (χ1) is 7.96. The number of hydrogen-bond acceptors (Lipinski definition) is 5. The van der Waals surface area contributed by atoms with Gasteiger partial charge in [0.25, 0.3) is 0 Å². The highest BCUT2D eigenvalue weighted by molar-refractivity contribution is 8.02. The van der Waals surface area contributed by atoms with E-state index in [-0.39, 0.29) is 20.8 Å². The predicted octanol–water partition coefficient (Wildman–Crippen LogP) is 3.43. The molecule has 0 aromatic heterocycles. The van der Waals surface area contributed by atoms with E-state index in [1.54, 1.807) is 11.8 Å². The van der Waals surface area contributed by atoms with Gasteiger partial charge in [-0.25, -0.2) is 0 Å². The summed E-state index contributed by atoms with van der Waals surface area (Å²) >= 11 is 1.78. The average molecular weight is 293 g/mol. The smallest absolute Gasteiger partial charge is 0.307 e. The second-order valence-corrected chi connectivity index (χ2v) is 11.4. The summed E-state index contributed by atoms with van der Waals surface area (Å²) < 4.78 is 24.0. The minimum Gasteiger partial charge on any atom is -0.307 e. The van der Waals surface area contributed by atoms with E-state index in [1.807, 2.05) is 0 Å². The highest BCUT2D eigenvalue weighted by Crippen LogP contribution is 2.65. The Bertz CT molecular complexity index is 381. The molecule has 6 heteroatoms.